The number of rotatable bonds is 3. The minimum absolute atomic E-state index is 0. The van der Waals surface area contributed by atoms with E-state index in [1.165, 1.54) is 0 Å². The van der Waals surface area contributed by atoms with Crippen LogP contribution < -0.4 is 0 Å². The van der Waals surface area contributed by atoms with E-state index in [2.05, 4.69) is 18.7 Å². The molecule has 0 atom stereocenters. The molecule has 1 aliphatic heterocycles. The van der Waals surface area contributed by atoms with Crippen molar-refractivity contribution in [1.82, 2.24) is 9.80 Å². The highest BCUT2D eigenvalue weighted by Gasteiger charge is 2.19. The predicted molar refractivity (Wildman–Crippen MR) is 54.4 cm³/mol. The maximum Gasteiger partial charge on any atom is 0.317 e. The van der Waals surface area contributed by atoms with Gasteiger partial charge in [-0.2, -0.15) is 0 Å². The molecule has 0 aromatic heterocycles. The quantitative estimate of drug-likeness (QED) is 0.658. The van der Waals surface area contributed by atoms with Crippen molar-refractivity contribution in [2.45, 2.75) is 19.9 Å². The van der Waals surface area contributed by atoms with E-state index in [0.29, 0.717) is 6.04 Å². The van der Waals surface area contributed by atoms with Crippen LogP contribution >= 0.6 is 0 Å². The minimum atomic E-state index is -0.724. The van der Waals surface area contributed by atoms with Crippen LogP contribution in [0.15, 0.2) is 0 Å². The second-order valence-corrected chi connectivity index (χ2v) is 3.80. The van der Waals surface area contributed by atoms with Gasteiger partial charge in [0.2, 0.25) is 0 Å². The summed E-state index contributed by atoms with van der Waals surface area (Å²) in [6.45, 7) is 8.27. The molecule has 1 saturated heterocycles. The zero-order valence-corrected chi connectivity index (χ0v) is 8.86. The van der Waals surface area contributed by atoms with Crippen LogP contribution in [0.3, 0.4) is 0 Å². The molecular formula is C9H20N2O3. The number of carboxylic acids is 1. The van der Waals surface area contributed by atoms with Crippen LogP contribution in [-0.2, 0) is 4.79 Å². The third-order valence-electron chi connectivity index (χ3n) is 2.50. The third kappa shape index (κ3) is 4.04. The zero-order chi connectivity index (χ0) is 9.84. The Kier molecular flexibility index (Phi) is 5.68. The zero-order valence-electron chi connectivity index (χ0n) is 8.86. The first-order valence-corrected chi connectivity index (χ1v) is 4.78. The molecule has 1 aliphatic rings. The average Bonchev–Trinajstić information content (AvgIpc) is 2.04. The molecule has 1 rings (SSSR count). The van der Waals surface area contributed by atoms with Crippen molar-refractivity contribution >= 4 is 5.97 Å². The van der Waals surface area contributed by atoms with E-state index in [-0.39, 0.29) is 12.0 Å². The summed E-state index contributed by atoms with van der Waals surface area (Å²) in [5.41, 5.74) is 0. The van der Waals surface area contributed by atoms with Crippen molar-refractivity contribution in [2.24, 2.45) is 0 Å². The molecule has 0 bridgehead atoms. The van der Waals surface area contributed by atoms with Crippen molar-refractivity contribution < 1.29 is 15.4 Å². The van der Waals surface area contributed by atoms with Crippen molar-refractivity contribution in [2.75, 3.05) is 32.7 Å². The summed E-state index contributed by atoms with van der Waals surface area (Å²) >= 11 is 0. The van der Waals surface area contributed by atoms with Crippen LogP contribution in [-0.4, -0.2) is 65.1 Å². The SMILES string of the molecule is CC(C)N1CCN(CC(=O)O)CC1.O. The van der Waals surface area contributed by atoms with Gasteiger partial charge in [-0.25, -0.2) is 0 Å². The van der Waals surface area contributed by atoms with Gasteiger partial charge in [-0.3, -0.25) is 14.6 Å². The fourth-order valence-electron chi connectivity index (χ4n) is 1.63. The summed E-state index contributed by atoms with van der Waals surface area (Å²) in [5, 5.41) is 8.59. The largest absolute Gasteiger partial charge is 0.480 e. The summed E-state index contributed by atoms with van der Waals surface area (Å²) in [5.74, 6) is -0.724. The van der Waals surface area contributed by atoms with Crippen LogP contribution in [0.4, 0.5) is 0 Å². The Morgan fingerprint density at radius 1 is 1.29 bits per heavy atom. The smallest absolute Gasteiger partial charge is 0.317 e. The Hall–Kier alpha value is -0.650. The lowest BCUT2D eigenvalue weighted by atomic mass is 10.2. The Morgan fingerprint density at radius 3 is 2.14 bits per heavy atom. The number of hydrogen-bond donors (Lipinski definition) is 1. The Morgan fingerprint density at radius 2 is 1.79 bits per heavy atom. The molecule has 5 nitrogen and oxygen atoms in total. The molecule has 1 heterocycles. The highest BCUT2D eigenvalue weighted by molar-refractivity contribution is 5.69. The number of carboxylic acid groups (broad SMARTS) is 1. The van der Waals surface area contributed by atoms with E-state index in [4.69, 9.17) is 5.11 Å². The molecule has 0 unspecified atom stereocenters. The Bertz CT molecular complexity index is 177. The monoisotopic (exact) mass is 204 g/mol. The van der Waals surface area contributed by atoms with E-state index in [1.807, 2.05) is 4.90 Å². The Labute approximate surface area is 84.6 Å². The van der Waals surface area contributed by atoms with Crippen LogP contribution in [0.1, 0.15) is 13.8 Å². The molecule has 1 fully saturated rings. The number of nitrogens with zero attached hydrogens (tertiary/aromatic N) is 2. The van der Waals surface area contributed by atoms with Crippen molar-refractivity contribution in [3.8, 4) is 0 Å². The normalized spacial score (nSPS) is 19.4. The van der Waals surface area contributed by atoms with Gasteiger partial charge in [-0.1, -0.05) is 0 Å². The molecule has 0 saturated carbocycles. The Balaban J connectivity index is 0.00000169. The van der Waals surface area contributed by atoms with E-state index in [0.717, 1.165) is 26.2 Å². The van der Waals surface area contributed by atoms with Crippen molar-refractivity contribution in [3.63, 3.8) is 0 Å². The maximum atomic E-state index is 10.4. The summed E-state index contributed by atoms with van der Waals surface area (Å²) in [7, 11) is 0. The first kappa shape index (κ1) is 13.4. The van der Waals surface area contributed by atoms with E-state index in [1.54, 1.807) is 0 Å². The highest BCUT2D eigenvalue weighted by Crippen LogP contribution is 2.04. The van der Waals surface area contributed by atoms with E-state index in [9.17, 15) is 4.79 Å². The van der Waals surface area contributed by atoms with Crippen molar-refractivity contribution in [3.05, 3.63) is 0 Å². The molecule has 0 spiro atoms. The van der Waals surface area contributed by atoms with Crippen LogP contribution in [0.5, 0.6) is 0 Å². The van der Waals surface area contributed by atoms with Gasteiger partial charge in [0.15, 0.2) is 0 Å². The molecule has 14 heavy (non-hydrogen) atoms. The summed E-state index contributed by atoms with van der Waals surface area (Å²) in [4.78, 5) is 14.8. The van der Waals surface area contributed by atoms with Gasteiger partial charge in [-0.15, -0.1) is 0 Å². The van der Waals surface area contributed by atoms with Crippen LogP contribution in [0, 0.1) is 0 Å². The molecule has 0 radical (unpaired) electrons. The van der Waals surface area contributed by atoms with E-state index < -0.39 is 5.97 Å². The molecule has 5 heteroatoms. The third-order valence-corrected chi connectivity index (χ3v) is 2.50. The van der Waals surface area contributed by atoms with Crippen molar-refractivity contribution in [1.29, 1.82) is 0 Å². The second-order valence-electron chi connectivity index (χ2n) is 3.80. The number of aliphatic carboxylic acids is 1. The van der Waals surface area contributed by atoms with Gasteiger partial charge >= 0.3 is 5.97 Å². The van der Waals surface area contributed by atoms with Gasteiger partial charge in [0.25, 0.3) is 0 Å². The summed E-state index contributed by atoms with van der Waals surface area (Å²) in [6.07, 6.45) is 0. The molecular weight excluding hydrogens is 184 g/mol. The maximum absolute atomic E-state index is 10.4. The molecule has 0 aliphatic carbocycles. The standard InChI is InChI=1S/C9H18N2O2.H2O/c1-8(2)11-5-3-10(4-6-11)7-9(12)13;/h8H,3-7H2,1-2H3,(H,12,13);1H2. The predicted octanol–water partition coefficient (Wildman–Crippen LogP) is -0.728. The van der Waals surface area contributed by atoms with E-state index >= 15 is 0 Å². The number of piperazine rings is 1. The topological polar surface area (TPSA) is 75.3 Å². The van der Waals surface area contributed by atoms with Gasteiger partial charge in [-0.05, 0) is 13.8 Å². The van der Waals surface area contributed by atoms with Gasteiger partial charge < -0.3 is 10.6 Å². The van der Waals surface area contributed by atoms with Crippen LogP contribution in [0.2, 0.25) is 0 Å². The number of carbonyl (C=O) groups is 1. The molecule has 0 amide bonds. The summed E-state index contributed by atoms with van der Waals surface area (Å²) in [6, 6.07) is 0.576. The summed E-state index contributed by atoms with van der Waals surface area (Å²) < 4.78 is 0. The average molecular weight is 204 g/mol. The van der Waals surface area contributed by atoms with Gasteiger partial charge in [0.05, 0.1) is 6.54 Å². The van der Waals surface area contributed by atoms with Crippen LogP contribution in [0.25, 0.3) is 0 Å². The first-order chi connectivity index (χ1) is 6.09. The second kappa shape index (κ2) is 5.95. The lowest BCUT2D eigenvalue weighted by molar-refractivity contribution is -0.138. The number of hydrogen-bond acceptors (Lipinski definition) is 3. The lowest BCUT2D eigenvalue weighted by Gasteiger charge is -2.36. The van der Waals surface area contributed by atoms with Gasteiger partial charge in [0, 0.05) is 32.2 Å². The minimum Gasteiger partial charge on any atom is -0.480 e. The van der Waals surface area contributed by atoms with Gasteiger partial charge in [0.1, 0.15) is 0 Å². The molecule has 3 N–H and O–H groups in total. The first-order valence-electron chi connectivity index (χ1n) is 4.78. The fraction of sp³-hybridized carbons (Fsp3) is 0.889. The molecule has 0 aromatic rings. The highest BCUT2D eigenvalue weighted by atomic mass is 16.4. The fourth-order valence-corrected chi connectivity index (χ4v) is 1.63. The molecule has 84 valence electrons. The lowest BCUT2D eigenvalue weighted by Crippen LogP contribution is -2.49. The molecule has 0 aromatic carbocycles.